The van der Waals surface area contributed by atoms with Gasteiger partial charge >= 0.3 is 0 Å². The molecule has 0 fully saturated rings. The summed E-state index contributed by atoms with van der Waals surface area (Å²) in [6.07, 6.45) is 2.84. The molecule has 6 heteroatoms. The molecule has 0 saturated heterocycles. The number of aromatic nitrogens is 3. The molecule has 0 aliphatic rings. The Hall–Kier alpha value is -2.73. The number of thioether (sulfide) groups is 1. The van der Waals surface area contributed by atoms with E-state index < -0.39 is 0 Å². The number of rotatable bonds is 8. The molecule has 0 saturated carbocycles. The number of hydrogen-bond acceptors (Lipinski definition) is 3. The Kier molecular flexibility index (Phi) is 5.90. The normalized spacial score (nSPS) is 11.6. The Balaban J connectivity index is 1.35. The van der Waals surface area contributed by atoms with E-state index in [0.717, 1.165) is 34.7 Å². The van der Waals surface area contributed by atoms with E-state index >= 15 is 0 Å². The van der Waals surface area contributed by atoms with E-state index in [2.05, 4.69) is 46.9 Å². The molecule has 0 radical (unpaired) electrons. The average Bonchev–Trinajstić information content (AvgIpc) is 3.28. The number of imidazole rings is 1. The van der Waals surface area contributed by atoms with E-state index in [9.17, 15) is 4.79 Å². The van der Waals surface area contributed by atoms with Crippen molar-refractivity contribution >= 4 is 39.6 Å². The van der Waals surface area contributed by atoms with Crippen LogP contribution in [-0.4, -0.2) is 32.7 Å². The van der Waals surface area contributed by atoms with Gasteiger partial charge in [0.15, 0.2) is 5.16 Å². The van der Waals surface area contributed by atoms with Crippen molar-refractivity contribution in [2.24, 2.45) is 5.92 Å². The maximum Gasteiger partial charge on any atom is 0.230 e. The highest BCUT2D eigenvalue weighted by molar-refractivity contribution is 7.99. The third kappa shape index (κ3) is 4.48. The summed E-state index contributed by atoms with van der Waals surface area (Å²) in [5.74, 6) is 0.921. The molecule has 0 aliphatic heterocycles. The van der Waals surface area contributed by atoms with Crippen LogP contribution in [0.1, 0.15) is 19.4 Å². The zero-order valence-corrected chi connectivity index (χ0v) is 17.6. The van der Waals surface area contributed by atoms with Gasteiger partial charge in [-0.2, -0.15) is 0 Å². The predicted octanol–water partition coefficient (Wildman–Crippen LogP) is 4.62. The second kappa shape index (κ2) is 8.74. The summed E-state index contributed by atoms with van der Waals surface area (Å²) in [5, 5.41) is 5.17. The van der Waals surface area contributed by atoms with Crippen molar-refractivity contribution in [3.63, 3.8) is 0 Å². The van der Waals surface area contributed by atoms with Gasteiger partial charge in [0.05, 0.1) is 16.8 Å². The second-order valence-corrected chi connectivity index (χ2v) is 8.58. The fourth-order valence-electron chi connectivity index (χ4n) is 3.56. The van der Waals surface area contributed by atoms with E-state index in [1.54, 1.807) is 0 Å². The van der Waals surface area contributed by atoms with Gasteiger partial charge < -0.3 is 14.9 Å². The molecular weight excluding hydrogens is 380 g/mol. The van der Waals surface area contributed by atoms with Crippen LogP contribution < -0.4 is 5.32 Å². The van der Waals surface area contributed by atoms with Crippen LogP contribution in [0.15, 0.2) is 59.9 Å². The molecule has 29 heavy (non-hydrogen) atoms. The molecule has 0 atom stereocenters. The molecule has 0 spiro atoms. The lowest BCUT2D eigenvalue weighted by Crippen LogP contribution is -2.27. The highest BCUT2D eigenvalue weighted by Crippen LogP contribution is 2.25. The van der Waals surface area contributed by atoms with Gasteiger partial charge in [-0.3, -0.25) is 4.79 Å². The highest BCUT2D eigenvalue weighted by atomic mass is 32.2. The molecule has 2 aromatic heterocycles. The van der Waals surface area contributed by atoms with Gasteiger partial charge in [0.25, 0.3) is 0 Å². The Bertz CT molecular complexity index is 1130. The summed E-state index contributed by atoms with van der Waals surface area (Å²) < 4.78 is 2.23. The molecule has 4 aromatic rings. The fourth-order valence-corrected chi connectivity index (χ4v) is 4.42. The van der Waals surface area contributed by atoms with Gasteiger partial charge in [-0.1, -0.05) is 55.9 Å². The van der Waals surface area contributed by atoms with Crippen molar-refractivity contribution in [3.8, 4) is 0 Å². The quantitative estimate of drug-likeness (QED) is 0.420. The van der Waals surface area contributed by atoms with Crippen LogP contribution in [0.2, 0.25) is 0 Å². The summed E-state index contributed by atoms with van der Waals surface area (Å²) in [6, 6.07) is 16.4. The summed E-state index contributed by atoms with van der Waals surface area (Å²) in [6.45, 7) is 5.91. The molecular formula is C23H26N4OS. The number of nitrogens with zero attached hydrogens (tertiary/aromatic N) is 2. The van der Waals surface area contributed by atoms with Crippen molar-refractivity contribution in [2.75, 3.05) is 12.3 Å². The van der Waals surface area contributed by atoms with Crippen LogP contribution in [0.3, 0.4) is 0 Å². The lowest BCUT2D eigenvalue weighted by atomic mass is 10.1. The number of benzene rings is 2. The van der Waals surface area contributed by atoms with E-state index in [-0.39, 0.29) is 5.91 Å². The zero-order valence-electron chi connectivity index (χ0n) is 16.8. The van der Waals surface area contributed by atoms with Gasteiger partial charge in [-0.15, -0.1) is 0 Å². The summed E-state index contributed by atoms with van der Waals surface area (Å²) in [5.41, 5.74) is 4.47. The monoisotopic (exact) mass is 406 g/mol. The third-order valence-corrected chi connectivity index (χ3v) is 5.87. The number of fused-ring (bicyclic) bond motifs is 2. The molecule has 150 valence electrons. The summed E-state index contributed by atoms with van der Waals surface area (Å²) in [7, 11) is 0. The topological polar surface area (TPSA) is 62.7 Å². The first kappa shape index (κ1) is 19.6. The summed E-state index contributed by atoms with van der Waals surface area (Å²) >= 11 is 1.51. The van der Waals surface area contributed by atoms with E-state index in [1.165, 1.54) is 22.7 Å². The molecule has 2 aromatic carbocycles. The molecule has 2 N–H and O–H groups in total. The van der Waals surface area contributed by atoms with Crippen LogP contribution in [0.5, 0.6) is 0 Å². The number of carbonyl (C=O) groups excluding carboxylic acids is 1. The van der Waals surface area contributed by atoms with Crippen molar-refractivity contribution in [1.82, 2.24) is 19.9 Å². The van der Waals surface area contributed by atoms with Crippen molar-refractivity contribution in [1.29, 1.82) is 0 Å². The number of carbonyl (C=O) groups is 1. The molecule has 5 nitrogen and oxygen atoms in total. The minimum Gasteiger partial charge on any atom is -0.361 e. The van der Waals surface area contributed by atoms with Crippen molar-refractivity contribution in [3.05, 3.63) is 60.3 Å². The van der Waals surface area contributed by atoms with Crippen LogP contribution in [0.4, 0.5) is 0 Å². The van der Waals surface area contributed by atoms with Crippen LogP contribution >= 0.6 is 11.8 Å². The molecule has 0 bridgehead atoms. The minimum atomic E-state index is 0.0398. The standard InChI is InChI=1S/C23H26N4OS/c1-16(2)14-27-21-10-6-5-9-20(21)26-23(27)29-15-22(28)24-12-11-17-13-25-19-8-4-3-7-18(17)19/h3-10,13,16,25H,11-12,14-15H2,1-2H3,(H,24,28). The third-order valence-electron chi connectivity index (χ3n) is 4.89. The van der Waals surface area contributed by atoms with Crippen molar-refractivity contribution < 1.29 is 4.79 Å². The Labute approximate surface area is 174 Å². The van der Waals surface area contributed by atoms with Gasteiger partial charge in [-0.25, -0.2) is 4.98 Å². The number of nitrogens with one attached hydrogen (secondary N) is 2. The highest BCUT2D eigenvalue weighted by Gasteiger charge is 2.14. The Morgan fingerprint density at radius 1 is 1.17 bits per heavy atom. The van der Waals surface area contributed by atoms with E-state index in [4.69, 9.17) is 4.98 Å². The second-order valence-electron chi connectivity index (χ2n) is 7.64. The zero-order chi connectivity index (χ0) is 20.2. The Morgan fingerprint density at radius 3 is 2.83 bits per heavy atom. The minimum absolute atomic E-state index is 0.0398. The van der Waals surface area contributed by atoms with Gasteiger partial charge in [0.1, 0.15) is 0 Å². The van der Waals surface area contributed by atoms with Crippen LogP contribution in [0.25, 0.3) is 21.9 Å². The molecule has 1 amide bonds. The smallest absolute Gasteiger partial charge is 0.230 e. The maximum atomic E-state index is 12.4. The molecule has 2 heterocycles. The summed E-state index contributed by atoms with van der Waals surface area (Å²) in [4.78, 5) is 20.4. The first-order valence-electron chi connectivity index (χ1n) is 10.0. The van der Waals surface area contributed by atoms with Gasteiger partial charge in [-0.05, 0) is 36.1 Å². The number of para-hydroxylation sites is 3. The van der Waals surface area contributed by atoms with Gasteiger partial charge in [0.2, 0.25) is 5.91 Å². The van der Waals surface area contributed by atoms with E-state index in [0.29, 0.717) is 18.2 Å². The number of aromatic amines is 1. The molecule has 4 rings (SSSR count). The SMILES string of the molecule is CC(C)Cn1c(SCC(=O)NCCc2c[nH]c3ccccc23)nc2ccccc21. The van der Waals surface area contributed by atoms with Gasteiger partial charge in [0, 0.05) is 30.2 Å². The first-order chi connectivity index (χ1) is 14.1. The predicted molar refractivity (Wildman–Crippen MR) is 120 cm³/mol. The van der Waals surface area contributed by atoms with Crippen LogP contribution in [0, 0.1) is 5.92 Å². The maximum absolute atomic E-state index is 12.4. The van der Waals surface area contributed by atoms with E-state index in [1.807, 2.05) is 36.5 Å². The van der Waals surface area contributed by atoms with Crippen LogP contribution in [-0.2, 0) is 17.8 Å². The van der Waals surface area contributed by atoms with Crippen molar-refractivity contribution in [2.45, 2.75) is 32.0 Å². The number of amides is 1. The lowest BCUT2D eigenvalue weighted by Gasteiger charge is -2.11. The molecule has 0 unspecified atom stereocenters. The number of H-pyrrole nitrogens is 1. The largest absolute Gasteiger partial charge is 0.361 e. The molecule has 0 aliphatic carbocycles. The lowest BCUT2D eigenvalue weighted by molar-refractivity contribution is -0.118. The first-order valence-corrected chi connectivity index (χ1v) is 11.0. The fraction of sp³-hybridized carbons (Fsp3) is 0.304. The number of hydrogen-bond donors (Lipinski definition) is 2. The Morgan fingerprint density at radius 2 is 1.97 bits per heavy atom. The average molecular weight is 407 g/mol.